The molecule has 0 saturated carbocycles. The zero-order chi connectivity index (χ0) is 12.4. The summed E-state index contributed by atoms with van der Waals surface area (Å²) >= 11 is 2.77. The molecule has 2 aromatic rings. The van der Waals surface area contributed by atoms with Gasteiger partial charge in [0.1, 0.15) is 0 Å². The van der Waals surface area contributed by atoms with Gasteiger partial charge in [-0.15, -0.1) is 11.3 Å². The van der Waals surface area contributed by atoms with Crippen molar-refractivity contribution in [2.75, 3.05) is 5.73 Å². The van der Waals surface area contributed by atoms with E-state index in [1.807, 2.05) is 12.3 Å². The first-order valence-corrected chi connectivity index (χ1v) is 6.49. The fraction of sp³-hybridized carbons (Fsp3) is 0.0909. The molecule has 0 amide bonds. The zero-order valence-electron chi connectivity index (χ0n) is 9.01. The van der Waals surface area contributed by atoms with Crippen LogP contribution in [0.15, 0.2) is 32.8 Å². The predicted molar refractivity (Wildman–Crippen MR) is 68.8 cm³/mol. The van der Waals surface area contributed by atoms with Crippen molar-refractivity contribution >= 4 is 34.8 Å². The van der Waals surface area contributed by atoms with Crippen LogP contribution in [0, 0.1) is 6.92 Å². The molecule has 1 aromatic heterocycles. The maximum Gasteiger partial charge on any atom is 0.336 e. The molecule has 2 rings (SSSR count). The molecule has 0 aliphatic carbocycles. The van der Waals surface area contributed by atoms with E-state index in [4.69, 9.17) is 10.8 Å². The lowest BCUT2D eigenvalue weighted by molar-refractivity contribution is 0.0693. The van der Waals surface area contributed by atoms with Crippen molar-refractivity contribution < 1.29 is 9.90 Å². The average Bonchev–Trinajstić information content (AvgIpc) is 2.67. The van der Waals surface area contributed by atoms with Gasteiger partial charge in [-0.2, -0.15) is 0 Å². The molecule has 1 aromatic carbocycles. The SMILES string of the molecule is Cc1csc(Sc2c(N)cccc2C(=O)O)n1. The maximum atomic E-state index is 11.1. The van der Waals surface area contributed by atoms with E-state index in [0.717, 1.165) is 10.0 Å². The highest BCUT2D eigenvalue weighted by Crippen LogP contribution is 2.36. The lowest BCUT2D eigenvalue weighted by Gasteiger charge is -2.06. The van der Waals surface area contributed by atoms with Crippen molar-refractivity contribution in [1.82, 2.24) is 4.98 Å². The number of benzene rings is 1. The second-order valence-corrected chi connectivity index (χ2v) is 5.50. The van der Waals surface area contributed by atoms with Crippen LogP contribution in [0.25, 0.3) is 0 Å². The fourth-order valence-corrected chi connectivity index (χ4v) is 3.23. The van der Waals surface area contributed by atoms with Crippen molar-refractivity contribution in [1.29, 1.82) is 0 Å². The summed E-state index contributed by atoms with van der Waals surface area (Å²) in [5.41, 5.74) is 7.40. The molecule has 1 heterocycles. The number of hydrogen-bond acceptors (Lipinski definition) is 5. The van der Waals surface area contributed by atoms with Gasteiger partial charge >= 0.3 is 5.97 Å². The van der Waals surface area contributed by atoms with Crippen LogP contribution in [0.3, 0.4) is 0 Å². The van der Waals surface area contributed by atoms with E-state index in [0.29, 0.717) is 10.6 Å². The molecule has 0 aliphatic rings. The van der Waals surface area contributed by atoms with Crippen LogP contribution in [0.2, 0.25) is 0 Å². The van der Waals surface area contributed by atoms with Crippen LogP contribution < -0.4 is 5.73 Å². The Labute approximate surface area is 106 Å². The Kier molecular flexibility index (Phi) is 3.35. The number of nitrogens with two attached hydrogens (primary N) is 1. The number of anilines is 1. The molecule has 0 bridgehead atoms. The number of hydrogen-bond donors (Lipinski definition) is 2. The molecule has 88 valence electrons. The van der Waals surface area contributed by atoms with Gasteiger partial charge in [-0.25, -0.2) is 9.78 Å². The van der Waals surface area contributed by atoms with Crippen molar-refractivity contribution in [3.63, 3.8) is 0 Å². The molecule has 0 fully saturated rings. The minimum atomic E-state index is -0.979. The lowest BCUT2D eigenvalue weighted by atomic mass is 10.2. The standard InChI is InChI=1S/C11H10N2O2S2/c1-6-5-16-11(13-6)17-9-7(10(14)15)3-2-4-8(9)12/h2-5H,12H2,1H3,(H,14,15). The normalized spacial score (nSPS) is 10.4. The Morgan fingerprint density at radius 2 is 2.29 bits per heavy atom. The van der Waals surface area contributed by atoms with Gasteiger partial charge in [0.05, 0.1) is 10.5 Å². The molecule has 4 nitrogen and oxygen atoms in total. The Balaban J connectivity index is 2.40. The van der Waals surface area contributed by atoms with Gasteiger partial charge in [-0.3, -0.25) is 0 Å². The quantitative estimate of drug-likeness (QED) is 0.835. The van der Waals surface area contributed by atoms with E-state index in [-0.39, 0.29) is 5.56 Å². The number of carbonyl (C=O) groups is 1. The number of carboxylic acid groups (broad SMARTS) is 1. The number of thiazole rings is 1. The lowest BCUT2D eigenvalue weighted by Crippen LogP contribution is -2.01. The highest BCUT2D eigenvalue weighted by Gasteiger charge is 2.15. The van der Waals surface area contributed by atoms with E-state index >= 15 is 0 Å². The van der Waals surface area contributed by atoms with Crippen molar-refractivity contribution in [2.24, 2.45) is 0 Å². The molecule has 0 radical (unpaired) electrons. The number of nitrogen functional groups attached to an aromatic ring is 1. The maximum absolute atomic E-state index is 11.1. The largest absolute Gasteiger partial charge is 0.478 e. The fourth-order valence-electron chi connectivity index (χ4n) is 1.30. The predicted octanol–water partition coefficient (Wildman–Crippen LogP) is 2.88. The summed E-state index contributed by atoms with van der Waals surface area (Å²) in [5.74, 6) is -0.979. The molecule has 0 atom stereocenters. The van der Waals surface area contributed by atoms with E-state index in [9.17, 15) is 4.79 Å². The molecule has 6 heteroatoms. The van der Waals surface area contributed by atoms with Crippen LogP contribution in [-0.4, -0.2) is 16.1 Å². The zero-order valence-corrected chi connectivity index (χ0v) is 10.6. The van der Waals surface area contributed by atoms with Crippen LogP contribution >= 0.6 is 23.1 Å². The molecule has 0 spiro atoms. The first kappa shape index (κ1) is 11.9. The third kappa shape index (κ3) is 2.59. The van der Waals surface area contributed by atoms with E-state index in [1.54, 1.807) is 18.2 Å². The summed E-state index contributed by atoms with van der Waals surface area (Å²) < 4.78 is 0.794. The van der Waals surface area contributed by atoms with Gasteiger partial charge in [-0.1, -0.05) is 17.8 Å². The van der Waals surface area contributed by atoms with Crippen LogP contribution in [0.5, 0.6) is 0 Å². The summed E-state index contributed by atoms with van der Waals surface area (Å²) in [6.07, 6.45) is 0. The molecule has 0 aliphatic heterocycles. The number of rotatable bonds is 3. The van der Waals surface area contributed by atoms with E-state index in [1.165, 1.54) is 23.1 Å². The summed E-state index contributed by atoms with van der Waals surface area (Å²) in [5, 5.41) is 11.0. The summed E-state index contributed by atoms with van der Waals surface area (Å²) in [6.45, 7) is 1.90. The number of nitrogens with zero attached hydrogens (tertiary/aromatic N) is 1. The van der Waals surface area contributed by atoms with Gasteiger partial charge < -0.3 is 10.8 Å². The van der Waals surface area contributed by atoms with Crippen LogP contribution in [0.1, 0.15) is 16.1 Å². The summed E-state index contributed by atoms with van der Waals surface area (Å²) in [6, 6.07) is 4.87. The molecule has 0 saturated heterocycles. The third-order valence-corrected chi connectivity index (χ3v) is 4.28. The summed E-state index contributed by atoms with van der Waals surface area (Å²) in [4.78, 5) is 15.9. The van der Waals surface area contributed by atoms with Crippen molar-refractivity contribution in [3.8, 4) is 0 Å². The van der Waals surface area contributed by atoms with Gasteiger partial charge in [0.25, 0.3) is 0 Å². The molecular weight excluding hydrogens is 256 g/mol. The van der Waals surface area contributed by atoms with Gasteiger partial charge in [0.15, 0.2) is 4.34 Å². The Hall–Kier alpha value is -1.53. The molecule has 0 unspecified atom stereocenters. The van der Waals surface area contributed by atoms with E-state index < -0.39 is 5.97 Å². The van der Waals surface area contributed by atoms with Crippen LogP contribution in [0.4, 0.5) is 5.69 Å². The van der Waals surface area contributed by atoms with Crippen molar-refractivity contribution in [3.05, 3.63) is 34.8 Å². The van der Waals surface area contributed by atoms with Crippen molar-refractivity contribution in [2.45, 2.75) is 16.2 Å². The van der Waals surface area contributed by atoms with Gasteiger partial charge in [0.2, 0.25) is 0 Å². The molecule has 17 heavy (non-hydrogen) atoms. The Morgan fingerprint density at radius 1 is 1.53 bits per heavy atom. The minimum absolute atomic E-state index is 0.211. The number of aromatic nitrogens is 1. The smallest absolute Gasteiger partial charge is 0.336 e. The second-order valence-electron chi connectivity index (χ2n) is 3.39. The highest BCUT2D eigenvalue weighted by molar-refractivity contribution is 8.01. The van der Waals surface area contributed by atoms with E-state index in [2.05, 4.69) is 4.98 Å². The van der Waals surface area contributed by atoms with Gasteiger partial charge in [0, 0.05) is 16.8 Å². The highest BCUT2D eigenvalue weighted by atomic mass is 32.2. The average molecular weight is 266 g/mol. The third-order valence-electron chi connectivity index (χ3n) is 2.06. The molecule has 3 N–H and O–H groups in total. The topological polar surface area (TPSA) is 76.2 Å². The number of aryl methyl sites for hydroxylation is 1. The summed E-state index contributed by atoms with van der Waals surface area (Å²) in [7, 11) is 0. The number of carboxylic acids is 1. The Bertz CT molecular complexity index is 566. The second kappa shape index (κ2) is 4.77. The van der Waals surface area contributed by atoms with Crippen LogP contribution in [-0.2, 0) is 0 Å². The first-order chi connectivity index (χ1) is 8.08. The monoisotopic (exact) mass is 266 g/mol. The van der Waals surface area contributed by atoms with Gasteiger partial charge in [-0.05, 0) is 19.1 Å². The number of aromatic carboxylic acids is 1. The minimum Gasteiger partial charge on any atom is -0.478 e. The molecular formula is C11H10N2O2S2. The Morgan fingerprint density at radius 3 is 2.88 bits per heavy atom. The first-order valence-electron chi connectivity index (χ1n) is 4.79.